The van der Waals surface area contributed by atoms with Crippen molar-refractivity contribution in [3.8, 4) is 0 Å². The minimum absolute atomic E-state index is 0.366. The van der Waals surface area contributed by atoms with Crippen molar-refractivity contribution in [2.75, 3.05) is 6.54 Å². The van der Waals surface area contributed by atoms with Crippen molar-refractivity contribution < 1.29 is 0 Å². The highest BCUT2D eigenvalue weighted by molar-refractivity contribution is 7.11. The first-order valence-electron chi connectivity index (χ1n) is 6.79. The Hall–Kier alpha value is -0.830. The van der Waals surface area contributed by atoms with Crippen LogP contribution in [-0.2, 0) is 12.8 Å². The van der Waals surface area contributed by atoms with E-state index in [1.165, 1.54) is 15.3 Å². The highest BCUT2D eigenvalue weighted by Gasteiger charge is 2.12. The summed E-state index contributed by atoms with van der Waals surface area (Å²) in [5, 5.41) is 4.35. The van der Waals surface area contributed by atoms with Crippen LogP contribution in [0.3, 0.4) is 0 Å². The van der Waals surface area contributed by atoms with Gasteiger partial charge in [0.2, 0.25) is 0 Å². The Balaban J connectivity index is 2.13. The highest BCUT2D eigenvalue weighted by atomic mass is 35.5. The largest absolute Gasteiger partial charge is 0.310 e. The molecule has 1 atom stereocenters. The van der Waals surface area contributed by atoms with Crippen LogP contribution in [0.2, 0.25) is 5.02 Å². The van der Waals surface area contributed by atoms with E-state index in [9.17, 15) is 0 Å². The van der Waals surface area contributed by atoms with E-state index in [2.05, 4.69) is 43.4 Å². The quantitative estimate of drug-likeness (QED) is 0.802. The third kappa shape index (κ3) is 4.07. The topological polar surface area (TPSA) is 12.0 Å². The van der Waals surface area contributed by atoms with Gasteiger partial charge in [-0.3, -0.25) is 0 Å². The molecular formula is C16H20ClNS. The number of aryl methyl sites for hydroxylation is 1. The molecule has 0 bridgehead atoms. The molecule has 0 aliphatic carbocycles. The van der Waals surface area contributed by atoms with E-state index >= 15 is 0 Å². The average molecular weight is 294 g/mol. The molecule has 0 aliphatic rings. The first-order chi connectivity index (χ1) is 9.22. The van der Waals surface area contributed by atoms with Gasteiger partial charge >= 0.3 is 0 Å². The van der Waals surface area contributed by atoms with Gasteiger partial charge < -0.3 is 5.32 Å². The van der Waals surface area contributed by atoms with Crippen molar-refractivity contribution in [2.24, 2.45) is 0 Å². The molecule has 2 rings (SSSR count). The van der Waals surface area contributed by atoms with Crippen molar-refractivity contribution in [2.45, 2.75) is 32.7 Å². The van der Waals surface area contributed by atoms with Crippen LogP contribution in [0.4, 0.5) is 0 Å². The summed E-state index contributed by atoms with van der Waals surface area (Å²) in [4.78, 5) is 2.90. The Bertz CT molecular complexity index is 504. The van der Waals surface area contributed by atoms with Crippen molar-refractivity contribution in [1.29, 1.82) is 0 Å². The molecule has 1 nitrogen and oxygen atoms in total. The van der Waals surface area contributed by atoms with Crippen LogP contribution in [0, 0.1) is 0 Å². The minimum atomic E-state index is 0.366. The molecule has 1 unspecified atom stereocenters. The Morgan fingerprint density at radius 2 is 1.74 bits per heavy atom. The summed E-state index contributed by atoms with van der Waals surface area (Å²) >= 11 is 7.88. The van der Waals surface area contributed by atoms with Crippen LogP contribution in [0.25, 0.3) is 0 Å². The van der Waals surface area contributed by atoms with Crippen molar-refractivity contribution in [3.63, 3.8) is 0 Å². The SMILES string of the molecule is CCNC(Cc1ccc(CC)s1)c1ccc(Cl)cc1. The van der Waals surface area contributed by atoms with E-state index < -0.39 is 0 Å². The lowest BCUT2D eigenvalue weighted by Gasteiger charge is -2.17. The second kappa shape index (κ2) is 7.09. The molecule has 0 spiro atoms. The first-order valence-corrected chi connectivity index (χ1v) is 7.98. The van der Waals surface area contributed by atoms with Crippen molar-refractivity contribution in [3.05, 3.63) is 56.7 Å². The van der Waals surface area contributed by atoms with Gasteiger partial charge in [-0.2, -0.15) is 0 Å². The number of halogens is 1. The zero-order chi connectivity index (χ0) is 13.7. The molecule has 1 aromatic heterocycles. The van der Waals surface area contributed by atoms with E-state index in [0.29, 0.717) is 6.04 Å². The third-order valence-electron chi connectivity index (χ3n) is 3.19. The molecule has 1 aromatic carbocycles. The predicted octanol–water partition coefficient (Wildman–Crippen LogP) is 4.86. The van der Waals surface area contributed by atoms with Crippen LogP contribution in [0.1, 0.15) is 35.2 Å². The molecule has 2 aromatic rings. The fraction of sp³-hybridized carbons (Fsp3) is 0.375. The van der Waals surface area contributed by atoms with Crippen LogP contribution >= 0.6 is 22.9 Å². The Morgan fingerprint density at radius 3 is 2.32 bits per heavy atom. The maximum atomic E-state index is 5.96. The average Bonchev–Trinajstić information content (AvgIpc) is 2.87. The lowest BCUT2D eigenvalue weighted by Crippen LogP contribution is -2.22. The number of benzene rings is 1. The summed E-state index contributed by atoms with van der Waals surface area (Å²) in [6.07, 6.45) is 2.16. The lowest BCUT2D eigenvalue weighted by molar-refractivity contribution is 0.553. The van der Waals surface area contributed by atoms with Gasteiger partial charge in [-0.05, 0) is 42.8 Å². The zero-order valence-corrected chi connectivity index (χ0v) is 13.0. The molecule has 1 heterocycles. The van der Waals surface area contributed by atoms with E-state index in [1.807, 2.05) is 23.5 Å². The van der Waals surface area contributed by atoms with Crippen molar-refractivity contribution >= 4 is 22.9 Å². The fourth-order valence-electron chi connectivity index (χ4n) is 2.17. The van der Waals surface area contributed by atoms with Crippen LogP contribution in [-0.4, -0.2) is 6.54 Å². The maximum absolute atomic E-state index is 5.96. The van der Waals surface area contributed by atoms with Gasteiger partial charge in [-0.15, -0.1) is 11.3 Å². The number of likely N-dealkylation sites (N-methyl/N-ethyl adjacent to an activating group) is 1. The molecule has 0 amide bonds. The second-order valence-corrected chi connectivity index (χ2v) is 6.28. The fourth-order valence-corrected chi connectivity index (χ4v) is 3.30. The summed E-state index contributed by atoms with van der Waals surface area (Å²) in [6, 6.07) is 13.0. The molecule has 0 saturated carbocycles. The molecule has 0 saturated heterocycles. The predicted molar refractivity (Wildman–Crippen MR) is 85.3 cm³/mol. The van der Waals surface area contributed by atoms with Crippen molar-refractivity contribution in [1.82, 2.24) is 5.32 Å². The monoisotopic (exact) mass is 293 g/mol. The number of thiophene rings is 1. The van der Waals surface area contributed by atoms with Gasteiger partial charge in [-0.25, -0.2) is 0 Å². The van der Waals surface area contributed by atoms with Gasteiger partial charge in [0.15, 0.2) is 0 Å². The van der Waals surface area contributed by atoms with E-state index in [4.69, 9.17) is 11.6 Å². The Morgan fingerprint density at radius 1 is 1.05 bits per heavy atom. The highest BCUT2D eigenvalue weighted by Crippen LogP contribution is 2.25. The summed E-state index contributed by atoms with van der Waals surface area (Å²) in [6.45, 7) is 5.32. The lowest BCUT2D eigenvalue weighted by atomic mass is 10.0. The molecule has 0 fully saturated rings. The van der Waals surface area contributed by atoms with Crippen LogP contribution in [0.5, 0.6) is 0 Å². The van der Waals surface area contributed by atoms with Crippen LogP contribution in [0.15, 0.2) is 36.4 Å². The molecule has 102 valence electrons. The van der Waals surface area contributed by atoms with Gasteiger partial charge in [0.25, 0.3) is 0 Å². The third-order valence-corrected chi connectivity index (χ3v) is 4.70. The molecule has 1 N–H and O–H groups in total. The normalized spacial score (nSPS) is 12.6. The van der Waals surface area contributed by atoms with Crippen LogP contribution < -0.4 is 5.32 Å². The summed E-state index contributed by atoms with van der Waals surface area (Å²) in [7, 11) is 0. The zero-order valence-electron chi connectivity index (χ0n) is 11.4. The van der Waals surface area contributed by atoms with Gasteiger partial charge in [0.05, 0.1) is 0 Å². The standard InChI is InChI=1S/C16H20ClNS/c1-3-14-9-10-15(19-14)11-16(18-4-2)12-5-7-13(17)8-6-12/h5-10,16,18H,3-4,11H2,1-2H3. The first kappa shape index (κ1) is 14.6. The Labute approximate surface area is 124 Å². The Kier molecular flexibility index (Phi) is 5.44. The number of hydrogen-bond acceptors (Lipinski definition) is 2. The molecular weight excluding hydrogens is 274 g/mol. The smallest absolute Gasteiger partial charge is 0.0406 e. The summed E-state index contributed by atoms with van der Waals surface area (Å²) in [5.41, 5.74) is 1.30. The second-order valence-electron chi connectivity index (χ2n) is 4.59. The summed E-state index contributed by atoms with van der Waals surface area (Å²) in [5.74, 6) is 0. The number of rotatable bonds is 6. The van der Waals surface area contributed by atoms with E-state index in [1.54, 1.807) is 0 Å². The number of nitrogens with one attached hydrogen (secondary N) is 1. The van der Waals surface area contributed by atoms with Gasteiger partial charge in [0.1, 0.15) is 0 Å². The minimum Gasteiger partial charge on any atom is -0.310 e. The maximum Gasteiger partial charge on any atom is 0.0406 e. The molecule has 0 radical (unpaired) electrons. The van der Waals surface area contributed by atoms with E-state index in [-0.39, 0.29) is 0 Å². The van der Waals surface area contributed by atoms with Gasteiger partial charge in [-0.1, -0.05) is 37.6 Å². The number of hydrogen-bond donors (Lipinski definition) is 1. The molecule has 0 aliphatic heterocycles. The van der Waals surface area contributed by atoms with E-state index in [0.717, 1.165) is 24.4 Å². The summed E-state index contributed by atoms with van der Waals surface area (Å²) < 4.78 is 0. The molecule has 3 heteroatoms. The van der Waals surface area contributed by atoms with Gasteiger partial charge in [0, 0.05) is 27.2 Å². The molecule has 19 heavy (non-hydrogen) atoms.